The first-order chi connectivity index (χ1) is 13.7. The van der Waals surface area contributed by atoms with Crippen LogP contribution in [0, 0.1) is 5.92 Å². The Morgan fingerprint density at radius 3 is 2.71 bits per heavy atom. The Hall–Kier alpha value is -1.28. The van der Waals surface area contributed by atoms with Gasteiger partial charge < -0.3 is 5.32 Å². The number of aromatic nitrogens is 1. The lowest BCUT2D eigenvalue weighted by atomic mass is 9.86. The van der Waals surface area contributed by atoms with Crippen molar-refractivity contribution in [1.29, 1.82) is 0 Å². The van der Waals surface area contributed by atoms with Crippen molar-refractivity contribution in [3.05, 3.63) is 27.9 Å². The highest BCUT2D eigenvalue weighted by molar-refractivity contribution is 7.14. The van der Waals surface area contributed by atoms with Crippen LogP contribution in [0.15, 0.2) is 22.2 Å². The number of nitrogens with one attached hydrogen (secondary N) is 1. The first kappa shape index (κ1) is 20.0. The Balaban J connectivity index is 1.20. The van der Waals surface area contributed by atoms with E-state index in [1.165, 1.54) is 24.8 Å². The number of rotatable bonds is 6. The molecule has 0 unspecified atom stereocenters. The number of carbonyl (C=O) groups is 1. The summed E-state index contributed by atoms with van der Waals surface area (Å²) in [6, 6.07) is 2.51. The number of nitrogens with zero attached hydrogens (tertiary/aromatic N) is 3. The molecule has 4 rings (SSSR count). The molecule has 0 bridgehead atoms. The first-order valence-electron chi connectivity index (χ1n) is 10.4. The van der Waals surface area contributed by atoms with Crippen molar-refractivity contribution in [3.63, 3.8) is 0 Å². The summed E-state index contributed by atoms with van der Waals surface area (Å²) < 4.78 is 0. The number of piperazine rings is 1. The summed E-state index contributed by atoms with van der Waals surface area (Å²) in [7, 11) is 0. The minimum absolute atomic E-state index is 0.201. The fourth-order valence-corrected chi connectivity index (χ4v) is 5.74. The summed E-state index contributed by atoms with van der Waals surface area (Å²) in [5.74, 6) is 0.818. The van der Waals surface area contributed by atoms with Crippen molar-refractivity contribution in [1.82, 2.24) is 20.1 Å². The molecule has 2 aromatic heterocycles. The predicted octanol–water partition coefficient (Wildman–Crippen LogP) is 3.68. The lowest BCUT2D eigenvalue weighted by molar-refractivity contribution is -0.124. The number of amides is 1. The summed E-state index contributed by atoms with van der Waals surface area (Å²) in [6.07, 6.45) is 4.94. The van der Waals surface area contributed by atoms with Gasteiger partial charge in [-0.2, -0.15) is 11.3 Å². The van der Waals surface area contributed by atoms with Gasteiger partial charge in [-0.1, -0.05) is 19.8 Å². The van der Waals surface area contributed by atoms with Crippen molar-refractivity contribution < 1.29 is 4.79 Å². The minimum Gasteiger partial charge on any atom is -0.352 e. The molecule has 0 radical (unpaired) electrons. The molecule has 2 aromatic rings. The van der Waals surface area contributed by atoms with Crippen LogP contribution in [-0.2, 0) is 11.3 Å². The molecule has 5 nitrogen and oxygen atoms in total. The standard InChI is InChI=1S/C21H30N4OS2/c1-16-4-2-3-5-19(16)23-20(26)13-25-9-7-24(8-10-25)12-18-15-28-21(22-18)17-6-11-27-14-17/h6,11,14-16,19H,2-5,7-10,12-13H2,1H3,(H,23,26)/t16-,19-/m0/s1. The van der Waals surface area contributed by atoms with Gasteiger partial charge in [0.15, 0.2) is 0 Å². The summed E-state index contributed by atoms with van der Waals surface area (Å²) in [5, 5.41) is 10.8. The summed E-state index contributed by atoms with van der Waals surface area (Å²) in [5.41, 5.74) is 2.38. The second kappa shape index (κ2) is 9.48. The van der Waals surface area contributed by atoms with Crippen LogP contribution in [0.1, 0.15) is 38.3 Å². The van der Waals surface area contributed by atoms with E-state index in [9.17, 15) is 4.79 Å². The largest absolute Gasteiger partial charge is 0.352 e. The van der Waals surface area contributed by atoms with E-state index in [1.807, 2.05) is 0 Å². The van der Waals surface area contributed by atoms with E-state index in [2.05, 4.69) is 44.2 Å². The second-order valence-electron chi connectivity index (χ2n) is 8.14. The van der Waals surface area contributed by atoms with Crippen LogP contribution in [0.25, 0.3) is 10.6 Å². The summed E-state index contributed by atoms with van der Waals surface area (Å²) >= 11 is 3.44. The van der Waals surface area contributed by atoms with Gasteiger partial charge in [0.2, 0.25) is 5.91 Å². The van der Waals surface area contributed by atoms with E-state index in [0.29, 0.717) is 18.5 Å². The van der Waals surface area contributed by atoms with E-state index in [1.54, 1.807) is 22.7 Å². The van der Waals surface area contributed by atoms with Crippen LogP contribution in [0.5, 0.6) is 0 Å². The second-order valence-corrected chi connectivity index (χ2v) is 9.78. The molecule has 1 aliphatic heterocycles. The van der Waals surface area contributed by atoms with E-state index < -0.39 is 0 Å². The first-order valence-corrected chi connectivity index (χ1v) is 12.2. The van der Waals surface area contributed by atoms with Crippen molar-refractivity contribution in [2.45, 2.75) is 45.2 Å². The predicted molar refractivity (Wildman–Crippen MR) is 117 cm³/mol. The molecule has 2 fully saturated rings. The Labute approximate surface area is 175 Å². The van der Waals surface area contributed by atoms with Gasteiger partial charge in [0, 0.05) is 55.1 Å². The molecule has 3 heterocycles. The molecule has 1 saturated heterocycles. The molecule has 1 amide bonds. The number of thiazole rings is 1. The zero-order valence-electron chi connectivity index (χ0n) is 16.6. The summed E-state index contributed by atoms with van der Waals surface area (Å²) in [6.45, 7) is 7.61. The van der Waals surface area contributed by atoms with Gasteiger partial charge in [0.05, 0.1) is 12.2 Å². The van der Waals surface area contributed by atoms with Gasteiger partial charge in [-0.25, -0.2) is 4.98 Å². The lowest BCUT2D eigenvalue weighted by Crippen LogP contribution is -2.51. The molecule has 1 saturated carbocycles. The maximum absolute atomic E-state index is 12.4. The third-order valence-electron chi connectivity index (χ3n) is 6.00. The fraction of sp³-hybridized carbons (Fsp3) is 0.619. The quantitative estimate of drug-likeness (QED) is 0.777. The average Bonchev–Trinajstić information content (AvgIpc) is 3.37. The molecule has 1 N–H and O–H groups in total. The molecule has 7 heteroatoms. The van der Waals surface area contributed by atoms with Crippen molar-refractivity contribution in [3.8, 4) is 10.6 Å². The highest BCUT2D eigenvalue weighted by Crippen LogP contribution is 2.26. The topological polar surface area (TPSA) is 48.5 Å². The number of carbonyl (C=O) groups excluding carboxylic acids is 1. The van der Waals surface area contributed by atoms with E-state index in [-0.39, 0.29) is 5.91 Å². The van der Waals surface area contributed by atoms with Gasteiger partial charge in [0.25, 0.3) is 0 Å². The van der Waals surface area contributed by atoms with Crippen LogP contribution in [0.2, 0.25) is 0 Å². The SMILES string of the molecule is C[C@H]1CCCC[C@@H]1NC(=O)CN1CCN(Cc2csc(-c3ccsc3)n2)CC1. The maximum atomic E-state index is 12.4. The van der Waals surface area contributed by atoms with E-state index in [0.717, 1.165) is 49.8 Å². The van der Waals surface area contributed by atoms with Gasteiger partial charge >= 0.3 is 0 Å². The van der Waals surface area contributed by atoms with E-state index >= 15 is 0 Å². The fourth-order valence-electron chi connectivity index (χ4n) is 4.22. The van der Waals surface area contributed by atoms with Crippen molar-refractivity contribution in [2.24, 2.45) is 5.92 Å². The zero-order valence-corrected chi connectivity index (χ0v) is 18.2. The lowest BCUT2D eigenvalue weighted by Gasteiger charge is -2.35. The molecular formula is C21H30N4OS2. The molecule has 0 spiro atoms. The molecule has 152 valence electrons. The number of hydrogen-bond donors (Lipinski definition) is 1. The maximum Gasteiger partial charge on any atom is 0.234 e. The molecule has 2 atom stereocenters. The average molecular weight is 419 g/mol. The summed E-state index contributed by atoms with van der Waals surface area (Å²) in [4.78, 5) is 22.0. The Bertz CT molecular complexity index is 752. The van der Waals surface area contributed by atoms with Crippen LogP contribution in [0.4, 0.5) is 0 Å². The van der Waals surface area contributed by atoms with Crippen LogP contribution in [-0.4, -0.2) is 59.5 Å². The van der Waals surface area contributed by atoms with E-state index in [4.69, 9.17) is 4.98 Å². The van der Waals surface area contributed by atoms with Gasteiger partial charge in [-0.05, 0) is 30.2 Å². The zero-order chi connectivity index (χ0) is 19.3. The minimum atomic E-state index is 0.201. The highest BCUT2D eigenvalue weighted by Gasteiger charge is 2.25. The van der Waals surface area contributed by atoms with Crippen molar-refractivity contribution in [2.75, 3.05) is 32.7 Å². The van der Waals surface area contributed by atoms with Gasteiger partial charge in [0.1, 0.15) is 5.01 Å². The molecular weight excluding hydrogens is 388 g/mol. The monoisotopic (exact) mass is 418 g/mol. The number of hydrogen-bond acceptors (Lipinski definition) is 6. The van der Waals surface area contributed by atoms with Gasteiger partial charge in [-0.15, -0.1) is 11.3 Å². The third-order valence-corrected chi connectivity index (χ3v) is 7.62. The molecule has 1 aliphatic carbocycles. The molecule has 28 heavy (non-hydrogen) atoms. The van der Waals surface area contributed by atoms with Crippen LogP contribution in [0.3, 0.4) is 0 Å². The normalized spacial score (nSPS) is 24.3. The Morgan fingerprint density at radius 2 is 1.96 bits per heavy atom. The molecule has 0 aromatic carbocycles. The van der Waals surface area contributed by atoms with Gasteiger partial charge in [-0.3, -0.25) is 14.6 Å². The number of thiophene rings is 1. The smallest absolute Gasteiger partial charge is 0.234 e. The third kappa shape index (κ3) is 5.20. The van der Waals surface area contributed by atoms with Crippen molar-refractivity contribution >= 4 is 28.6 Å². The molecule has 2 aliphatic rings. The van der Waals surface area contributed by atoms with Crippen LogP contribution < -0.4 is 5.32 Å². The highest BCUT2D eigenvalue weighted by atomic mass is 32.1. The Kier molecular flexibility index (Phi) is 6.77. The Morgan fingerprint density at radius 1 is 1.18 bits per heavy atom. The van der Waals surface area contributed by atoms with Crippen LogP contribution >= 0.6 is 22.7 Å².